The van der Waals surface area contributed by atoms with Crippen LogP contribution in [-0.2, 0) is 0 Å². The molecule has 1 nitrogen and oxygen atoms in total. The van der Waals surface area contributed by atoms with Crippen LogP contribution in [-0.4, -0.2) is 6.54 Å². The second-order valence-electron chi connectivity index (χ2n) is 5.41. The summed E-state index contributed by atoms with van der Waals surface area (Å²) in [5.41, 5.74) is 1.37. The molecule has 2 aliphatic rings. The smallest absolute Gasteiger partial charge is 0.149 e. The van der Waals surface area contributed by atoms with Gasteiger partial charge in [-0.2, -0.15) is 0 Å². The second-order valence-corrected chi connectivity index (χ2v) is 5.41. The highest BCUT2D eigenvalue weighted by Gasteiger charge is 2.36. The molecule has 0 bridgehead atoms. The van der Waals surface area contributed by atoms with Crippen LogP contribution < -0.4 is 5.32 Å². The zero-order valence-electron chi connectivity index (χ0n) is 9.97. The maximum absolute atomic E-state index is 13.6. The van der Waals surface area contributed by atoms with E-state index in [1.807, 2.05) is 0 Å². The molecule has 3 rings (SSSR count). The summed E-state index contributed by atoms with van der Waals surface area (Å²) in [4.78, 5) is 0. The fourth-order valence-electron chi connectivity index (χ4n) is 3.55. The Kier molecular flexibility index (Phi) is 2.57. The van der Waals surface area contributed by atoms with Crippen molar-refractivity contribution in [3.8, 4) is 0 Å². The maximum Gasteiger partial charge on any atom is 0.149 e. The van der Waals surface area contributed by atoms with Gasteiger partial charge in [0.05, 0.1) is 5.69 Å². The summed E-state index contributed by atoms with van der Waals surface area (Å²) in [5, 5.41) is 3.10. The Morgan fingerprint density at radius 3 is 2.76 bits per heavy atom. The molecule has 1 aliphatic heterocycles. The maximum atomic E-state index is 13.6. The van der Waals surface area contributed by atoms with Gasteiger partial charge in [-0.15, -0.1) is 0 Å². The van der Waals surface area contributed by atoms with Gasteiger partial charge in [-0.25, -0.2) is 8.78 Å². The highest BCUT2D eigenvalue weighted by molar-refractivity contribution is 5.59. The van der Waals surface area contributed by atoms with E-state index in [0.717, 1.165) is 18.2 Å². The van der Waals surface area contributed by atoms with Crippen LogP contribution in [0.25, 0.3) is 0 Å². The molecule has 0 amide bonds. The number of fused-ring (bicyclic) bond motifs is 1. The molecular weight excluding hydrogens is 220 g/mol. The van der Waals surface area contributed by atoms with Crippen molar-refractivity contribution < 1.29 is 8.78 Å². The van der Waals surface area contributed by atoms with Gasteiger partial charge in [-0.05, 0) is 29.9 Å². The van der Waals surface area contributed by atoms with Gasteiger partial charge in [0.15, 0.2) is 0 Å². The van der Waals surface area contributed by atoms with E-state index in [1.54, 1.807) is 0 Å². The SMILES string of the molecule is CC1CCCC1C1CNc2c(F)cc(F)cc21. The Labute approximate surface area is 100 Å². The van der Waals surface area contributed by atoms with Gasteiger partial charge in [-0.3, -0.25) is 0 Å². The second kappa shape index (κ2) is 3.97. The number of halogens is 2. The van der Waals surface area contributed by atoms with Crippen molar-refractivity contribution >= 4 is 5.69 Å². The van der Waals surface area contributed by atoms with Crippen molar-refractivity contribution in [2.75, 3.05) is 11.9 Å². The molecule has 3 unspecified atom stereocenters. The van der Waals surface area contributed by atoms with Crippen LogP contribution in [0.4, 0.5) is 14.5 Å². The number of nitrogens with one attached hydrogen (secondary N) is 1. The molecule has 1 aromatic carbocycles. The summed E-state index contributed by atoms with van der Waals surface area (Å²) in [7, 11) is 0. The van der Waals surface area contributed by atoms with Crippen LogP contribution in [0, 0.1) is 23.5 Å². The lowest BCUT2D eigenvalue weighted by Gasteiger charge is -2.22. The molecule has 1 N–H and O–H groups in total. The molecule has 3 atom stereocenters. The minimum atomic E-state index is -0.458. The summed E-state index contributed by atoms with van der Waals surface area (Å²) in [6.45, 7) is 3.01. The van der Waals surface area contributed by atoms with Crippen molar-refractivity contribution in [2.24, 2.45) is 11.8 Å². The highest BCUT2D eigenvalue weighted by Crippen LogP contribution is 2.46. The Morgan fingerprint density at radius 1 is 1.24 bits per heavy atom. The largest absolute Gasteiger partial charge is 0.382 e. The topological polar surface area (TPSA) is 12.0 Å². The molecule has 1 heterocycles. The van der Waals surface area contributed by atoms with Crippen molar-refractivity contribution in [1.82, 2.24) is 0 Å². The average molecular weight is 237 g/mol. The van der Waals surface area contributed by atoms with E-state index in [4.69, 9.17) is 0 Å². The first kappa shape index (κ1) is 11.0. The van der Waals surface area contributed by atoms with Gasteiger partial charge in [0.2, 0.25) is 0 Å². The third kappa shape index (κ3) is 1.72. The average Bonchev–Trinajstić information content (AvgIpc) is 2.84. The van der Waals surface area contributed by atoms with Crippen LogP contribution in [0.5, 0.6) is 0 Å². The zero-order chi connectivity index (χ0) is 12.0. The summed E-state index contributed by atoms with van der Waals surface area (Å²) in [5.74, 6) is 0.616. The first-order chi connectivity index (χ1) is 8.16. The Bertz CT molecular complexity index is 444. The zero-order valence-corrected chi connectivity index (χ0v) is 9.97. The molecule has 3 heteroatoms. The predicted octanol–water partition coefficient (Wildman–Crippen LogP) is 3.91. The number of benzene rings is 1. The van der Waals surface area contributed by atoms with Crippen molar-refractivity contribution in [2.45, 2.75) is 32.1 Å². The molecule has 0 saturated heterocycles. The quantitative estimate of drug-likeness (QED) is 0.780. The Morgan fingerprint density at radius 2 is 2.06 bits per heavy atom. The highest BCUT2D eigenvalue weighted by atomic mass is 19.1. The number of hydrogen-bond acceptors (Lipinski definition) is 1. The third-order valence-electron chi connectivity index (χ3n) is 4.43. The van der Waals surface area contributed by atoms with E-state index in [2.05, 4.69) is 12.2 Å². The normalized spacial score (nSPS) is 31.4. The monoisotopic (exact) mass is 237 g/mol. The lowest BCUT2D eigenvalue weighted by Crippen LogP contribution is -2.17. The van der Waals surface area contributed by atoms with Gasteiger partial charge >= 0.3 is 0 Å². The molecule has 0 aromatic heterocycles. The van der Waals surface area contributed by atoms with Gasteiger partial charge in [-0.1, -0.05) is 19.8 Å². The van der Waals surface area contributed by atoms with E-state index in [1.165, 1.54) is 25.3 Å². The summed E-state index contributed by atoms with van der Waals surface area (Å²) < 4.78 is 26.9. The molecule has 1 aromatic rings. The number of hydrogen-bond donors (Lipinski definition) is 1. The minimum absolute atomic E-state index is 0.285. The van der Waals surface area contributed by atoms with Crippen LogP contribution in [0.3, 0.4) is 0 Å². The lowest BCUT2D eigenvalue weighted by atomic mass is 9.81. The van der Waals surface area contributed by atoms with Crippen LogP contribution >= 0.6 is 0 Å². The molecule has 92 valence electrons. The molecular formula is C14H17F2N. The Balaban J connectivity index is 1.98. The van der Waals surface area contributed by atoms with E-state index in [0.29, 0.717) is 17.5 Å². The number of anilines is 1. The molecule has 0 radical (unpaired) electrons. The van der Waals surface area contributed by atoms with Crippen molar-refractivity contribution in [3.63, 3.8) is 0 Å². The number of rotatable bonds is 1. The molecule has 1 saturated carbocycles. The van der Waals surface area contributed by atoms with Crippen molar-refractivity contribution in [1.29, 1.82) is 0 Å². The van der Waals surface area contributed by atoms with Crippen LogP contribution in [0.2, 0.25) is 0 Å². The van der Waals surface area contributed by atoms with E-state index in [9.17, 15) is 8.78 Å². The van der Waals surface area contributed by atoms with E-state index >= 15 is 0 Å². The molecule has 0 spiro atoms. The molecule has 1 aliphatic carbocycles. The van der Waals surface area contributed by atoms with Crippen LogP contribution in [0.15, 0.2) is 12.1 Å². The Hall–Kier alpha value is -1.12. The van der Waals surface area contributed by atoms with Crippen LogP contribution in [0.1, 0.15) is 37.7 Å². The first-order valence-electron chi connectivity index (χ1n) is 6.39. The van der Waals surface area contributed by atoms with Gasteiger partial charge in [0.1, 0.15) is 11.6 Å². The summed E-state index contributed by atoms with van der Waals surface area (Å²) in [6.07, 6.45) is 3.68. The van der Waals surface area contributed by atoms with E-state index < -0.39 is 11.6 Å². The van der Waals surface area contributed by atoms with Crippen molar-refractivity contribution in [3.05, 3.63) is 29.3 Å². The fraction of sp³-hybridized carbons (Fsp3) is 0.571. The van der Waals surface area contributed by atoms with E-state index in [-0.39, 0.29) is 5.92 Å². The lowest BCUT2D eigenvalue weighted by molar-refractivity contribution is 0.360. The first-order valence-corrected chi connectivity index (χ1v) is 6.39. The standard InChI is InChI=1S/C14H17F2N/c1-8-3-2-4-10(8)12-7-17-14-11(12)5-9(15)6-13(14)16/h5-6,8,10,12,17H,2-4,7H2,1H3. The fourth-order valence-corrected chi connectivity index (χ4v) is 3.55. The van der Waals surface area contributed by atoms with Gasteiger partial charge in [0.25, 0.3) is 0 Å². The van der Waals surface area contributed by atoms with Gasteiger partial charge in [0, 0.05) is 18.5 Å². The summed E-state index contributed by atoms with van der Waals surface area (Å²) >= 11 is 0. The predicted molar refractivity (Wildman–Crippen MR) is 64.1 cm³/mol. The molecule has 1 fully saturated rings. The third-order valence-corrected chi connectivity index (χ3v) is 4.43. The minimum Gasteiger partial charge on any atom is -0.382 e. The molecule has 17 heavy (non-hydrogen) atoms. The van der Waals surface area contributed by atoms with Gasteiger partial charge < -0.3 is 5.32 Å². The summed E-state index contributed by atoms with van der Waals surface area (Å²) in [6, 6.07) is 2.47.